The molecule has 0 aromatic heterocycles. The molecule has 4 rings (SSSR count). The molecule has 5 unspecified atom stereocenters. The third kappa shape index (κ3) is 16.0. The Balaban J connectivity index is 1.42. The molecule has 4 fully saturated rings. The Hall–Kier alpha value is -0.570. The van der Waals surface area contributed by atoms with Crippen LogP contribution in [0.4, 0.5) is 13.2 Å². The van der Waals surface area contributed by atoms with E-state index in [-0.39, 0.29) is 12.8 Å². The van der Waals surface area contributed by atoms with E-state index in [0.717, 1.165) is 96.8 Å². The molecule has 1 saturated heterocycles. The first-order valence-corrected chi connectivity index (χ1v) is 21.9. The van der Waals surface area contributed by atoms with Crippen molar-refractivity contribution in [3.63, 3.8) is 0 Å². The smallest absolute Gasteiger partial charge is 0.260 e. The molecule has 0 amide bonds. The van der Waals surface area contributed by atoms with Gasteiger partial charge in [-0.1, -0.05) is 135 Å². The number of unbranched alkanes of at least 4 members (excludes halogenated alkanes) is 18. The van der Waals surface area contributed by atoms with E-state index in [1.54, 1.807) is 0 Å². The van der Waals surface area contributed by atoms with Crippen molar-refractivity contribution >= 4 is 0 Å². The van der Waals surface area contributed by atoms with Crippen molar-refractivity contribution in [2.75, 3.05) is 13.2 Å². The SMILES string of the molecule is CCCCCCCCCCCCCC[C@@H](O)[C@@H](O)[C@H](COC1OC(CO)C(O)C(O)C1O)N[C@@H](CCCCCCCCCCC12CC(F)(C1)C2)C(C)(F)F. The number of halogens is 3. The van der Waals surface area contributed by atoms with Crippen LogP contribution in [0.25, 0.3) is 0 Å². The Kier molecular flexibility index (Phi) is 21.6. The zero-order chi connectivity index (χ0) is 39.6. The van der Waals surface area contributed by atoms with Gasteiger partial charge in [0.2, 0.25) is 0 Å². The van der Waals surface area contributed by atoms with Gasteiger partial charge in [-0.2, -0.15) is 0 Å². The summed E-state index contributed by atoms with van der Waals surface area (Å²) in [6.45, 7) is 1.95. The van der Waals surface area contributed by atoms with Crippen molar-refractivity contribution in [1.82, 2.24) is 5.32 Å². The van der Waals surface area contributed by atoms with Crippen LogP contribution >= 0.6 is 0 Å². The van der Waals surface area contributed by atoms with Gasteiger partial charge < -0.3 is 45.4 Å². The third-order valence-electron chi connectivity index (χ3n) is 12.5. The van der Waals surface area contributed by atoms with Crippen LogP contribution in [0.15, 0.2) is 0 Å². The Morgan fingerprint density at radius 1 is 0.722 bits per heavy atom. The Morgan fingerprint density at radius 3 is 1.69 bits per heavy atom. The summed E-state index contributed by atoms with van der Waals surface area (Å²) in [5.74, 6) is -3.15. The molecule has 4 aliphatic rings. The fraction of sp³-hybridized carbons (Fsp3) is 1.00. The van der Waals surface area contributed by atoms with E-state index in [1.807, 2.05) is 0 Å². The molecule has 54 heavy (non-hydrogen) atoms. The molecule has 0 spiro atoms. The lowest BCUT2D eigenvalue weighted by molar-refractivity contribution is -0.303. The van der Waals surface area contributed by atoms with Crippen molar-refractivity contribution in [3.05, 3.63) is 0 Å². The lowest BCUT2D eigenvalue weighted by Gasteiger charge is -2.66. The largest absolute Gasteiger partial charge is 0.394 e. The number of nitrogens with one attached hydrogen (secondary N) is 1. The number of alkyl halides is 3. The molecule has 9 nitrogen and oxygen atoms in total. The van der Waals surface area contributed by atoms with E-state index in [9.17, 15) is 43.8 Å². The minimum absolute atomic E-state index is 0.139. The average molecular weight is 782 g/mol. The lowest BCUT2D eigenvalue weighted by Crippen LogP contribution is -2.64. The van der Waals surface area contributed by atoms with Gasteiger partial charge in [-0.05, 0) is 43.9 Å². The minimum atomic E-state index is -3.15. The maximum atomic E-state index is 15.0. The fourth-order valence-electron chi connectivity index (χ4n) is 9.06. The van der Waals surface area contributed by atoms with Crippen LogP contribution in [0.3, 0.4) is 0 Å². The number of hydrogen-bond acceptors (Lipinski definition) is 9. The minimum Gasteiger partial charge on any atom is -0.394 e. The molecule has 0 aromatic carbocycles. The molecule has 2 bridgehead atoms. The van der Waals surface area contributed by atoms with Gasteiger partial charge in [0.05, 0.1) is 37.5 Å². The van der Waals surface area contributed by atoms with Gasteiger partial charge in [0.25, 0.3) is 5.92 Å². The zero-order valence-corrected chi connectivity index (χ0v) is 33.6. The second-order valence-electron chi connectivity index (χ2n) is 17.6. The highest BCUT2D eigenvalue weighted by atomic mass is 19.3. The van der Waals surface area contributed by atoms with E-state index >= 15 is 0 Å². The topological polar surface area (TPSA) is 152 Å². The van der Waals surface area contributed by atoms with Crippen LogP contribution in [0.5, 0.6) is 0 Å². The maximum Gasteiger partial charge on any atom is 0.260 e. The highest BCUT2D eigenvalue weighted by Gasteiger charge is 2.68. The number of aliphatic hydroxyl groups is 6. The van der Waals surface area contributed by atoms with Crippen LogP contribution in [-0.4, -0.2) is 110 Å². The first kappa shape index (κ1) is 47.8. The van der Waals surface area contributed by atoms with Crippen LogP contribution in [0, 0.1) is 5.41 Å². The van der Waals surface area contributed by atoms with E-state index in [1.165, 1.54) is 51.4 Å². The normalized spacial score (nSPS) is 30.4. The van der Waals surface area contributed by atoms with Gasteiger partial charge >= 0.3 is 0 Å². The van der Waals surface area contributed by atoms with E-state index in [0.29, 0.717) is 18.3 Å². The molecule has 9 atom stereocenters. The first-order chi connectivity index (χ1) is 25.7. The van der Waals surface area contributed by atoms with Gasteiger partial charge in [-0.3, -0.25) is 0 Å². The standard InChI is InChI=1S/C42H78F3NO8/c1-3-4-5-6-7-8-9-10-11-14-17-20-23-32(48)35(49)31(27-53-39-38(52)37(51)36(50)33(26-47)54-39)46-34(40(2,43)44)24-21-18-15-12-13-16-19-22-25-41-28-42(45,29-41)30-41/h31-39,46-52H,3-30H2,1-2H3/t31-,32+,33?,34-,35-,36?,37?,38?,39?,41?,42?/m0/s1. The monoisotopic (exact) mass is 782 g/mol. The van der Waals surface area contributed by atoms with Gasteiger partial charge in [0.1, 0.15) is 30.1 Å². The lowest BCUT2D eigenvalue weighted by atomic mass is 9.41. The van der Waals surface area contributed by atoms with E-state index in [4.69, 9.17) is 9.47 Å². The predicted molar refractivity (Wildman–Crippen MR) is 205 cm³/mol. The molecule has 1 aliphatic heterocycles. The molecule has 0 radical (unpaired) electrons. The molecule has 0 aromatic rings. The Bertz CT molecular complexity index is 970. The molecule has 3 saturated carbocycles. The third-order valence-corrected chi connectivity index (χ3v) is 12.5. The van der Waals surface area contributed by atoms with Gasteiger partial charge in [0, 0.05) is 6.92 Å². The first-order valence-electron chi connectivity index (χ1n) is 21.9. The predicted octanol–water partition coefficient (Wildman–Crippen LogP) is 7.39. The summed E-state index contributed by atoms with van der Waals surface area (Å²) in [5, 5.41) is 65.5. The highest BCUT2D eigenvalue weighted by molar-refractivity contribution is 5.18. The summed E-state index contributed by atoms with van der Waals surface area (Å²) in [4.78, 5) is 0. The number of ether oxygens (including phenoxy) is 2. The Labute approximate surface area is 324 Å². The van der Waals surface area contributed by atoms with Crippen molar-refractivity contribution in [2.24, 2.45) is 5.41 Å². The molecule has 320 valence electrons. The molecule has 1 heterocycles. The van der Waals surface area contributed by atoms with Crippen LogP contribution < -0.4 is 5.32 Å². The summed E-state index contributed by atoms with van der Waals surface area (Å²) < 4.78 is 54.8. The van der Waals surface area contributed by atoms with Crippen molar-refractivity contribution in [3.8, 4) is 0 Å². The van der Waals surface area contributed by atoms with Gasteiger partial charge in [-0.25, -0.2) is 13.2 Å². The summed E-state index contributed by atoms with van der Waals surface area (Å²) in [5.41, 5.74) is -0.516. The van der Waals surface area contributed by atoms with Gasteiger partial charge in [-0.15, -0.1) is 0 Å². The summed E-state index contributed by atoms with van der Waals surface area (Å²) in [6, 6.07) is -2.49. The van der Waals surface area contributed by atoms with E-state index < -0.39 is 79.8 Å². The second kappa shape index (κ2) is 24.4. The molecule has 12 heteroatoms. The number of rotatable bonds is 33. The maximum absolute atomic E-state index is 15.0. The molecular formula is C42H78F3NO8. The molecular weight excluding hydrogens is 703 g/mol. The molecule has 3 aliphatic carbocycles. The van der Waals surface area contributed by atoms with Crippen molar-refractivity contribution in [1.29, 1.82) is 0 Å². The van der Waals surface area contributed by atoms with Crippen molar-refractivity contribution in [2.45, 2.75) is 247 Å². The van der Waals surface area contributed by atoms with Crippen molar-refractivity contribution < 1.29 is 53.3 Å². The highest BCUT2D eigenvalue weighted by Crippen LogP contribution is 2.71. The summed E-state index contributed by atoms with van der Waals surface area (Å²) >= 11 is 0. The molecule has 7 N–H and O–H groups in total. The fourth-order valence-corrected chi connectivity index (χ4v) is 9.06. The van der Waals surface area contributed by atoms with Gasteiger partial charge in [0.15, 0.2) is 6.29 Å². The quantitative estimate of drug-likeness (QED) is 0.0338. The van der Waals surface area contributed by atoms with E-state index in [2.05, 4.69) is 12.2 Å². The zero-order valence-electron chi connectivity index (χ0n) is 33.6. The average Bonchev–Trinajstić information content (AvgIpc) is 3.11. The van der Waals surface area contributed by atoms with Crippen LogP contribution in [0.2, 0.25) is 0 Å². The van der Waals surface area contributed by atoms with Crippen LogP contribution in [0.1, 0.15) is 181 Å². The number of aliphatic hydroxyl groups excluding tert-OH is 6. The summed E-state index contributed by atoms with van der Waals surface area (Å²) in [7, 11) is 0. The second-order valence-corrected chi connectivity index (χ2v) is 17.6. The van der Waals surface area contributed by atoms with Crippen LogP contribution in [-0.2, 0) is 9.47 Å². The summed E-state index contributed by atoms with van der Waals surface area (Å²) in [6.07, 6.45) is 15.1. The number of hydrogen-bond donors (Lipinski definition) is 7. The Morgan fingerprint density at radius 2 is 1.20 bits per heavy atom.